The van der Waals surface area contributed by atoms with E-state index in [1.54, 1.807) is 38.1 Å². The summed E-state index contributed by atoms with van der Waals surface area (Å²) in [5.41, 5.74) is 0.980. The molecule has 2 heterocycles. The number of rotatable bonds is 4. The molecule has 0 spiro atoms. The lowest BCUT2D eigenvalue weighted by Crippen LogP contribution is -2.29. The van der Waals surface area contributed by atoms with Gasteiger partial charge in [0.25, 0.3) is 11.7 Å². The first-order valence-corrected chi connectivity index (χ1v) is 10.1. The van der Waals surface area contributed by atoms with E-state index in [1.165, 1.54) is 36.3 Å². The quantitative estimate of drug-likeness (QED) is 0.327. The Kier molecular flexibility index (Phi) is 5.52. The molecule has 4 rings (SSSR count). The number of hydrogen-bond donors (Lipinski definition) is 1. The van der Waals surface area contributed by atoms with Crippen LogP contribution in [0.15, 0.2) is 58.5 Å². The molecule has 1 fully saturated rings. The maximum absolute atomic E-state index is 13.5. The number of nitrogens with zero attached hydrogens (tertiary/aromatic N) is 1. The van der Waals surface area contributed by atoms with Crippen LogP contribution < -0.4 is 9.64 Å². The maximum Gasteiger partial charge on any atom is 0.300 e. The first-order chi connectivity index (χ1) is 15.2. The number of amides is 1. The lowest BCUT2D eigenvalue weighted by Gasteiger charge is -2.23. The van der Waals surface area contributed by atoms with Crippen LogP contribution in [0.1, 0.15) is 28.7 Å². The molecule has 2 aromatic carbocycles. The van der Waals surface area contributed by atoms with Gasteiger partial charge >= 0.3 is 0 Å². The van der Waals surface area contributed by atoms with Gasteiger partial charge in [-0.05, 0) is 67.9 Å². The van der Waals surface area contributed by atoms with Gasteiger partial charge in [0.05, 0.1) is 23.3 Å². The van der Waals surface area contributed by atoms with E-state index >= 15 is 0 Å². The predicted molar refractivity (Wildman–Crippen MR) is 117 cm³/mol. The standard InChI is InChI=1S/C24H19ClFNO5/c1-12-10-16(23(31-3)17(25)11-12)21(28)19-20(18-9-4-13(2)32-18)27(24(30)22(19)29)15-7-5-14(26)6-8-15/h4-11,20,28H,1-3H3/b21-19+. The predicted octanol–water partition coefficient (Wildman–Crippen LogP) is 5.32. The van der Waals surface area contributed by atoms with Gasteiger partial charge in [0.1, 0.15) is 34.9 Å². The average Bonchev–Trinajstić information content (AvgIpc) is 3.29. The first kappa shape index (κ1) is 21.6. The van der Waals surface area contributed by atoms with Crippen molar-refractivity contribution in [3.05, 3.63) is 87.6 Å². The number of carbonyl (C=O) groups is 2. The Morgan fingerprint density at radius 3 is 2.41 bits per heavy atom. The number of benzene rings is 2. The van der Waals surface area contributed by atoms with Crippen molar-refractivity contribution in [2.24, 2.45) is 0 Å². The Morgan fingerprint density at radius 1 is 1.12 bits per heavy atom. The van der Waals surface area contributed by atoms with E-state index in [2.05, 4.69) is 0 Å². The van der Waals surface area contributed by atoms with Gasteiger partial charge in [0.2, 0.25) is 0 Å². The van der Waals surface area contributed by atoms with Crippen LogP contribution in [0.4, 0.5) is 10.1 Å². The molecule has 1 unspecified atom stereocenters. The molecule has 3 aromatic rings. The Hall–Kier alpha value is -3.58. The molecule has 1 amide bonds. The molecule has 0 radical (unpaired) electrons. The molecule has 0 saturated carbocycles. The molecule has 1 saturated heterocycles. The lowest BCUT2D eigenvalue weighted by atomic mass is 9.97. The number of ketones is 1. The van der Waals surface area contributed by atoms with E-state index in [1.807, 2.05) is 0 Å². The van der Waals surface area contributed by atoms with Crippen LogP contribution in [-0.2, 0) is 9.59 Å². The Bertz CT molecular complexity index is 1260. The first-order valence-electron chi connectivity index (χ1n) is 9.70. The summed E-state index contributed by atoms with van der Waals surface area (Å²) < 4.78 is 24.6. The molecule has 1 atom stereocenters. The highest BCUT2D eigenvalue weighted by atomic mass is 35.5. The molecule has 164 valence electrons. The van der Waals surface area contributed by atoms with Crippen molar-refractivity contribution in [3.63, 3.8) is 0 Å². The molecular formula is C24H19ClFNO5. The zero-order valence-electron chi connectivity index (χ0n) is 17.5. The van der Waals surface area contributed by atoms with Crippen LogP contribution in [0.2, 0.25) is 5.02 Å². The minimum absolute atomic E-state index is 0.164. The highest BCUT2D eigenvalue weighted by Crippen LogP contribution is 2.44. The van der Waals surface area contributed by atoms with Gasteiger partial charge in [-0.25, -0.2) is 4.39 Å². The lowest BCUT2D eigenvalue weighted by molar-refractivity contribution is -0.132. The number of hydrogen-bond acceptors (Lipinski definition) is 5. The summed E-state index contributed by atoms with van der Waals surface area (Å²) >= 11 is 6.27. The summed E-state index contributed by atoms with van der Waals surface area (Å²) in [5, 5.41) is 11.5. The zero-order valence-corrected chi connectivity index (χ0v) is 18.2. The summed E-state index contributed by atoms with van der Waals surface area (Å²) in [5.74, 6) is -1.74. The zero-order chi connectivity index (χ0) is 23.2. The highest BCUT2D eigenvalue weighted by molar-refractivity contribution is 6.51. The van der Waals surface area contributed by atoms with Crippen molar-refractivity contribution in [2.75, 3.05) is 12.0 Å². The third-order valence-corrected chi connectivity index (χ3v) is 5.51. The third-order valence-electron chi connectivity index (χ3n) is 5.23. The van der Waals surface area contributed by atoms with Gasteiger partial charge in [0.15, 0.2) is 0 Å². The van der Waals surface area contributed by atoms with Crippen molar-refractivity contribution in [1.29, 1.82) is 0 Å². The largest absolute Gasteiger partial charge is 0.507 e. The molecular weight excluding hydrogens is 437 g/mol. The van der Waals surface area contributed by atoms with Gasteiger partial charge in [-0.1, -0.05) is 11.6 Å². The SMILES string of the molecule is COc1c(Cl)cc(C)cc1/C(O)=C1\C(=O)C(=O)N(c2ccc(F)cc2)C1c1ccc(C)o1. The number of ether oxygens (including phenoxy) is 1. The number of carbonyl (C=O) groups excluding carboxylic acids is 2. The molecule has 1 aliphatic rings. The Morgan fingerprint density at radius 2 is 1.81 bits per heavy atom. The summed E-state index contributed by atoms with van der Waals surface area (Å²) in [6.45, 7) is 3.49. The second-order valence-corrected chi connectivity index (χ2v) is 7.83. The topological polar surface area (TPSA) is 80.0 Å². The van der Waals surface area contributed by atoms with E-state index in [0.29, 0.717) is 5.76 Å². The fourth-order valence-electron chi connectivity index (χ4n) is 3.83. The van der Waals surface area contributed by atoms with Gasteiger partial charge in [-0.3, -0.25) is 14.5 Å². The van der Waals surface area contributed by atoms with Crippen LogP contribution >= 0.6 is 11.6 Å². The molecule has 1 aliphatic heterocycles. The van der Waals surface area contributed by atoms with E-state index in [9.17, 15) is 19.1 Å². The number of aliphatic hydroxyl groups excluding tert-OH is 1. The van der Waals surface area contributed by atoms with E-state index in [4.69, 9.17) is 20.8 Å². The van der Waals surface area contributed by atoms with Gasteiger partial charge < -0.3 is 14.3 Å². The Labute approximate surface area is 188 Å². The number of furan rings is 1. The van der Waals surface area contributed by atoms with E-state index in [-0.39, 0.29) is 33.4 Å². The average molecular weight is 456 g/mol. The highest BCUT2D eigenvalue weighted by Gasteiger charge is 2.48. The summed E-state index contributed by atoms with van der Waals surface area (Å²) in [7, 11) is 1.39. The molecule has 6 nitrogen and oxygen atoms in total. The maximum atomic E-state index is 13.5. The van der Waals surface area contributed by atoms with Gasteiger partial charge in [-0.2, -0.15) is 0 Å². The molecule has 8 heteroatoms. The second kappa shape index (κ2) is 8.16. The van der Waals surface area contributed by atoms with Gasteiger partial charge in [0, 0.05) is 5.69 Å². The molecule has 0 aliphatic carbocycles. The minimum Gasteiger partial charge on any atom is -0.507 e. The summed E-state index contributed by atoms with van der Waals surface area (Å²) in [6.07, 6.45) is 0. The van der Waals surface area contributed by atoms with Crippen LogP contribution in [0.25, 0.3) is 5.76 Å². The number of halogens is 2. The van der Waals surface area contributed by atoms with Crippen molar-refractivity contribution in [2.45, 2.75) is 19.9 Å². The molecule has 1 aromatic heterocycles. The fraction of sp³-hybridized carbons (Fsp3) is 0.167. The van der Waals surface area contributed by atoms with Gasteiger partial charge in [-0.15, -0.1) is 0 Å². The second-order valence-electron chi connectivity index (χ2n) is 7.42. The number of Topliss-reactive ketones (excluding diaryl/α,β-unsaturated/α-hetero) is 1. The Balaban J connectivity index is 1.99. The summed E-state index contributed by atoms with van der Waals surface area (Å²) in [4.78, 5) is 27.4. The van der Waals surface area contributed by atoms with E-state index < -0.39 is 29.3 Å². The van der Waals surface area contributed by atoms with Crippen molar-refractivity contribution < 1.29 is 28.2 Å². The van der Waals surface area contributed by atoms with Crippen molar-refractivity contribution >= 4 is 34.7 Å². The monoisotopic (exact) mass is 455 g/mol. The third kappa shape index (κ3) is 3.54. The van der Waals surface area contributed by atoms with Crippen LogP contribution in [0.3, 0.4) is 0 Å². The fourth-order valence-corrected chi connectivity index (χ4v) is 4.18. The molecule has 1 N–H and O–H groups in total. The van der Waals surface area contributed by atoms with Crippen LogP contribution in [0.5, 0.6) is 5.75 Å². The number of methoxy groups -OCH3 is 1. The van der Waals surface area contributed by atoms with Crippen molar-refractivity contribution in [3.8, 4) is 5.75 Å². The molecule has 32 heavy (non-hydrogen) atoms. The number of aryl methyl sites for hydroxylation is 2. The van der Waals surface area contributed by atoms with Crippen LogP contribution in [-0.4, -0.2) is 23.9 Å². The number of aliphatic hydroxyl groups is 1. The normalized spacial score (nSPS) is 17.8. The molecule has 0 bridgehead atoms. The van der Waals surface area contributed by atoms with Crippen LogP contribution in [0, 0.1) is 19.7 Å². The van der Waals surface area contributed by atoms with E-state index in [0.717, 1.165) is 5.56 Å². The number of anilines is 1. The van der Waals surface area contributed by atoms with Crippen molar-refractivity contribution in [1.82, 2.24) is 0 Å². The smallest absolute Gasteiger partial charge is 0.300 e. The summed E-state index contributed by atoms with van der Waals surface area (Å²) in [6, 6.07) is 10.6. The minimum atomic E-state index is -1.07.